The molecule has 0 aliphatic carbocycles. The largest absolute Gasteiger partial charge is 0.453 e. The molecule has 0 N–H and O–H groups in total. The monoisotopic (exact) mass is 325 g/mol. The van der Waals surface area contributed by atoms with Crippen LogP contribution in [0.4, 0.5) is 4.79 Å². The van der Waals surface area contributed by atoms with E-state index in [2.05, 4.69) is 24.8 Å². The average Bonchev–Trinajstić information content (AvgIpc) is 2.63. The first-order valence-electron chi connectivity index (χ1n) is 8.85. The number of carbonyl (C=O) groups is 1. The molecule has 0 spiro atoms. The molecule has 0 saturated carbocycles. The summed E-state index contributed by atoms with van der Waals surface area (Å²) in [5.41, 5.74) is 0.959. The van der Waals surface area contributed by atoms with E-state index in [0.717, 1.165) is 24.8 Å². The summed E-state index contributed by atoms with van der Waals surface area (Å²) in [6.07, 6.45) is 10.6. The van der Waals surface area contributed by atoms with Crippen molar-refractivity contribution in [1.82, 2.24) is 4.90 Å². The number of nitrogens with zero attached hydrogens (tertiary/aromatic N) is 1. The number of benzene rings is 1. The molecule has 3 heteroatoms. The summed E-state index contributed by atoms with van der Waals surface area (Å²) in [5.74, 6) is 6.39. The van der Waals surface area contributed by atoms with E-state index in [1.54, 1.807) is 0 Å². The number of carbonyl (C=O) groups excluding carboxylic acids is 1. The predicted octanol–water partition coefficient (Wildman–Crippen LogP) is 4.77. The van der Waals surface area contributed by atoms with Crippen LogP contribution in [0.1, 0.15) is 51.0 Å². The molecule has 0 aromatic heterocycles. The smallest absolute Gasteiger partial charge is 0.411 e. The Kier molecular flexibility index (Phi) is 7.42. The van der Waals surface area contributed by atoms with Crippen molar-refractivity contribution in [3.8, 4) is 11.8 Å². The molecule has 2 rings (SSSR count). The van der Waals surface area contributed by atoms with Crippen molar-refractivity contribution in [3.05, 3.63) is 48.0 Å². The van der Waals surface area contributed by atoms with E-state index in [1.165, 1.54) is 26.4 Å². The van der Waals surface area contributed by atoms with Crippen molar-refractivity contribution in [2.45, 2.75) is 57.5 Å². The number of hydrogen-bond acceptors (Lipinski definition) is 2. The lowest BCUT2D eigenvalue weighted by molar-refractivity contribution is 0.0951. The third-order valence-corrected chi connectivity index (χ3v) is 4.33. The number of unbranched alkanes of at least 4 members (excludes halogenated alkanes) is 3. The summed E-state index contributed by atoms with van der Waals surface area (Å²) < 4.78 is 5.02. The van der Waals surface area contributed by atoms with Crippen LogP contribution in [0.25, 0.3) is 0 Å². The Balaban J connectivity index is 2.10. The Morgan fingerprint density at radius 2 is 2.04 bits per heavy atom. The molecule has 0 bridgehead atoms. The summed E-state index contributed by atoms with van der Waals surface area (Å²) >= 11 is 0. The molecule has 1 aliphatic heterocycles. The topological polar surface area (TPSA) is 29.5 Å². The molecule has 3 nitrogen and oxygen atoms in total. The van der Waals surface area contributed by atoms with Gasteiger partial charge in [0.25, 0.3) is 0 Å². The van der Waals surface area contributed by atoms with Gasteiger partial charge in [-0.25, -0.2) is 4.79 Å². The molecule has 128 valence electrons. The van der Waals surface area contributed by atoms with Gasteiger partial charge in [-0.1, -0.05) is 74.8 Å². The van der Waals surface area contributed by atoms with Crippen molar-refractivity contribution in [2.75, 3.05) is 7.11 Å². The molecule has 1 aliphatic rings. The van der Waals surface area contributed by atoms with Gasteiger partial charge < -0.3 is 4.74 Å². The Hall–Kier alpha value is -2.21. The minimum Gasteiger partial charge on any atom is -0.453 e. The molecule has 0 radical (unpaired) electrons. The van der Waals surface area contributed by atoms with Crippen LogP contribution in [0.2, 0.25) is 0 Å². The van der Waals surface area contributed by atoms with Crippen LogP contribution >= 0.6 is 0 Å². The van der Waals surface area contributed by atoms with Gasteiger partial charge in [-0.2, -0.15) is 0 Å². The van der Waals surface area contributed by atoms with E-state index in [4.69, 9.17) is 4.74 Å². The van der Waals surface area contributed by atoms with Crippen LogP contribution in [0.15, 0.2) is 42.5 Å². The van der Waals surface area contributed by atoms with Gasteiger partial charge in [0.2, 0.25) is 0 Å². The number of rotatable bonds is 5. The standard InChI is InChI=1S/C21H27NO2/c1-3-4-5-9-13-19-14-10-15-20(22(19)21(23)24-2)17-16-18-11-7-6-8-12-18/h6-8,10-12,15,19-20H,3-5,9,13-14H2,1-2H3/t19-,20-/m0/s1. The zero-order valence-corrected chi connectivity index (χ0v) is 14.7. The van der Waals surface area contributed by atoms with Gasteiger partial charge in [0, 0.05) is 11.6 Å². The Morgan fingerprint density at radius 3 is 2.75 bits per heavy atom. The highest BCUT2D eigenvalue weighted by atomic mass is 16.5. The van der Waals surface area contributed by atoms with Crippen LogP contribution in [0.5, 0.6) is 0 Å². The van der Waals surface area contributed by atoms with Gasteiger partial charge in [0.15, 0.2) is 0 Å². The van der Waals surface area contributed by atoms with Gasteiger partial charge in [-0.05, 0) is 25.0 Å². The number of hydrogen-bond donors (Lipinski definition) is 0. The van der Waals surface area contributed by atoms with Crippen LogP contribution < -0.4 is 0 Å². The predicted molar refractivity (Wildman–Crippen MR) is 97.7 cm³/mol. The van der Waals surface area contributed by atoms with E-state index < -0.39 is 0 Å². The minimum absolute atomic E-state index is 0.175. The Bertz CT molecular complexity index is 597. The fraction of sp³-hybridized carbons (Fsp3) is 0.476. The van der Waals surface area contributed by atoms with E-state index in [-0.39, 0.29) is 18.2 Å². The highest BCUT2D eigenvalue weighted by Gasteiger charge is 2.31. The van der Waals surface area contributed by atoms with Gasteiger partial charge in [0.05, 0.1) is 7.11 Å². The second-order valence-corrected chi connectivity index (χ2v) is 6.12. The zero-order chi connectivity index (χ0) is 17.2. The molecule has 2 atom stereocenters. The van der Waals surface area contributed by atoms with Crippen molar-refractivity contribution in [3.63, 3.8) is 0 Å². The fourth-order valence-corrected chi connectivity index (χ4v) is 3.03. The third-order valence-electron chi connectivity index (χ3n) is 4.33. The molecular weight excluding hydrogens is 298 g/mol. The van der Waals surface area contributed by atoms with E-state index >= 15 is 0 Å². The fourth-order valence-electron chi connectivity index (χ4n) is 3.03. The molecule has 1 aromatic carbocycles. The molecule has 1 heterocycles. The van der Waals surface area contributed by atoms with Crippen molar-refractivity contribution >= 4 is 6.09 Å². The molecule has 0 fully saturated rings. The minimum atomic E-state index is -0.285. The van der Waals surface area contributed by atoms with Crippen LogP contribution in [-0.2, 0) is 4.74 Å². The highest BCUT2D eigenvalue weighted by Crippen LogP contribution is 2.23. The lowest BCUT2D eigenvalue weighted by atomic mass is 9.97. The summed E-state index contributed by atoms with van der Waals surface area (Å²) in [4.78, 5) is 14.1. The first kappa shape index (κ1) is 18.1. The van der Waals surface area contributed by atoms with Crippen LogP contribution in [-0.4, -0.2) is 30.2 Å². The lowest BCUT2D eigenvalue weighted by Gasteiger charge is -2.36. The average molecular weight is 325 g/mol. The summed E-state index contributed by atoms with van der Waals surface area (Å²) in [5, 5.41) is 0. The second kappa shape index (κ2) is 9.82. The van der Waals surface area contributed by atoms with Gasteiger partial charge >= 0.3 is 6.09 Å². The van der Waals surface area contributed by atoms with Crippen molar-refractivity contribution in [2.24, 2.45) is 0 Å². The third kappa shape index (κ3) is 5.16. The first-order chi connectivity index (χ1) is 11.8. The van der Waals surface area contributed by atoms with Crippen LogP contribution in [0, 0.1) is 11.8 Å². The number of amides is 1. The Labute approximate surface area is 145 Å². The highest BCUT2D eigenvalue weighted by molar-refractivity contribution is 5.70. The van der Waals surface area contributed by atoms with E-state index in [1.807, 2.05) is 41.3 Å². The number of ether oxygens (including phenoxy) is 1. The maximum absolute atomic E-state index is 12.3. The van der Waals surface area contributed by atoms with Gasteiger partial charge in [-0.15, -0.1) is 0 Å². The molecular formula is C21H27NO2. The van der Waals surface area contributed by atoms with E-state index in [0.29, 0.717) is 0 Å². The second-order valence-electron chi connectivity index (χ2n) is 6.12. The summed E-state index contributed by atoms with van der Waals surface area (Å²) in [6.45, 7) is 2.21. The molecule has 0 saturated heterocycles. The maximum atomic E-state index is 12.3. The van der Waals surface area contributed by atoms with Crippen molar-refractivity contribution < 1.29 is 9.53 Å². The number of methoxy groups -OCH3 is 1. The van der Waals surface area contributed by atoms with E-state index in [9.17, 15) is 4.79 Å². The quantitative estimate of drug-likeness (QED) is 0.443. The Morgan fingerprint density at radius 1 is 1.25 bits per heavy atom. The molecule has 24 heavy (non-hydrogen) atoms. The molecule has 1 aromatic rings. The maximum Gasteiger partial charge on any atom is 0.411 e. The summed E-state index contributed by atoms with van der Waals surface area (Å²) in [7, 11) is 1.44. The summed E-state index contributed by atoms with van der Waals surface area (Å²) in [6, 6.07) is 9.81. The van der Waals surface area contributed by atoms with Gasteiger partial charge in [0.1, 0.15) is 6.04 Å². The normalized spacial score (nSPS) is 19.5. The first-order valence-corrected chi connectivity index (χ1v) is 8.85. The van der Waals surface area contributed by atoms with Crippen LogP contribution in [0.3, 0.4) is 0 Å². The van der Waals surface area contributed by atoms with Gasteiger partial charge in [-0.3, -0.25) is 4.90 Å². The lowest BCUT2D eigenvalue weighted by Crippen LogP contribution is -2.47. The zero-order valence-electron chi connectivity index (χ0n) is 14.7. The molecule has 0 unspecified atom stereocenters. The van der Waals surface area contributed by atoms with Crippen molar-refractivity contribution in [1.29, 1.82) is 0 Å². The SMILES string of the molecule is CCCCCC[C@H]1CC=C[C@@H](C#Cc2ccccc2)N1C(=O)OC. The molecule has 1 amide bonds.